The van der Waals surface area contributed by atoms with Crippen LogP contribution in [0.25, 0.3) is 0 Å². The number of rotatable bonds is 3. The number of hydrogen-bond acceptors (Lipinski definition) is 4. The second-order valence-corrected chi connectivity index (χ2v) is 6.63. The summed E-state index contributed by atoms with van der Waals surface area (Å²) in [5.74, 6) is 1.05. The smallest absolute Gasteiger partial charge is 0.251 e. The highest BCUT2D eigenvalue weighted by Crippen LogP contribution is 2.33. The number of nitrogens with zero attached hydrogens (tertiary/aromatic N) is 1. The van der Waals surface area contributed by atoms with Crippen molar-refractivity contribution in [2.75, 3.05) is 29.5 Å². The highest BCUT2D eigenvalue weighted by Gasteiger charge is 2.27. The third kappa shape index (κ3) is 3.03. The van der Waals surface area contributed by atoms with E-state index >= 15 is 0 Å². The molecular weight excluding hydrogens is 270 g/mol. The van der Waals surface area contributed by atoms with Gasteiger partial charge in [-0.1, -0.05) is 6.92 Å². The number of anilines is 2. The van der Waals surface area contributed by atoms with Crippen LogP contribution in [0.1, 0.15) is 31.1 Å². The molecule has 20 heavy (non-hydrogen) atoms. The fourth-order valence-corrected chi connectivity index (χ4v) is 3.57. The first kappa shape index (κ1) is 15.0. The Labute approximate surface area is 125 Å². The molecule has 0 bridgehead atoms. The van der Waals surface area contributed by atoms with Crippen LogP contribution in [0, 0.1) is 0 Å². The summed E-state index contributed by atoms with van der Waals surface area (Å²) in [6.07, 6.45) is 0. The van der Waals surface area contributed by atoms with Crippen LogP contribution in [0.3, 0.4) is 0 Å². The van der Waals surface area contributed by atoms with Gasteiger partial charge < -0.3 is 16.0 Å². The molecule has 0 aliphatic carbocycles. The number of carbonyl (C=O) groups is 1. The molecule has 0 saturated carbocycles. The lowest BCUT2D eigenvalue weighted by Gasteiger charge is -2.39. The van der Waals surface area contributed by atoms with Crippen molar-refractivity contribution in [1.29, 1.82) is 0 Å². The number of benzene rings is 1. The first-order valence-corrected chi connectivity index (χ1v) is 8.15. The van der Waals surface area contributed by atoms with Crippen molar-refractivity contribution >= 4 is 29.0 Å². The number of nitrogens with two attached hydrogens (primary N) is 1. The molecule has 2 unspecified atom stereocenters. The molecule has 5 heteroatoms. The molecule has 2 atom stereocenters. The van der Waals surface area contributed by atoms with Crippen LogP contribution in [-0.4, -0.2) is 36.0 Å². The normalized spacial score (nSPS) is 22.6. The Morgan fingerprint density at radius 2 is 2.25 bits per heavy atom. The molecular formula is C15H23N3OS. The van der Waals surface area contributed by atoms with E-state index in [2.05, 4.69) is 24.1 Å². The standard InChI is InChI=1S/C15H23N3OS/c1-4-17-15(19)12-5-6-13(16)14(9-12)18-7-8-20-11(3)10(18)2/h5-6,9-11H,4,7-8,16H2,1-3H3,(H,17,19). The predicted octanol–water partition coefficient (Wildman–Crippen LogP) is 2.35. The summed E-state index contributed by atoms with van der Waals surface area (Å²) in [6.45, 7) is 7.98. The molecule has 2 rings (SSSR count). The Kier molecular flexibility index (Phi) is 4.81. The Balaban J connectivity index is 2.30. The highest BCUT2D eigenvalue weighted by molar-refractivity contribution is 8.00. The molecule has 1 saturated heterocycles. The van der Waals surface area contributed by atoms with Crippen LogP contribution in [0.5, 0.6) is 0 Å². The van der Waals surface area contributed by atoms with E-state index in [-0.39, 0.29) is 5.91 Å². The Hall–Kier alpha value is -1.36. The van der Waals surface area contributed by atoms with E-state index in [1.807, 2.05) is 30.8 Å². The minimum absolute atomic E-state index is 0.0409. The van der Waals surface area contributed by atoms with Crippen molar-refractivity contribution in [3.63, 3.8) is 0 Å². The Morgan fingerprint density at radius 3 is 2.95 bits per heavy atom. The number of thioether (sulfide) groups is 1. The summed E-state index contributed by atoms with van der Waals surface area (Å²) in [5.41, 5.74) is 8.52. The van der Waals surface area contributed by atoms with Gasteiger partial charge in [0.2, 0.25) is 0 Å². The van der Waals surface area contributed by atoms with Crippen LogP contribution in [-0.2, 0) is 0 Å². The monoisotopic (exact) mass is 293 g/mol. The maximum Gasteiger partial charge on any atom is 0.251 e. The summed E-state index contributed by atoms with van der Waals surface area (Å²) >= 11 is 1.99. The molecule has 1 fully saturated rings. The van der Waals surface area contributed by atoms with E-state index in [0.29, 0.717) is 23.4 Å². The zero-order valence-corrected chi connectivity index (χ0v) is 13.2. The van der Waals surface area contributed by atoms with Crippen molar-refractivity contribution in [3.8, 4) is 0 Å². The average Bonchev–Trinajstić information content (AvgIpc) is 2.43. The van der Waals surface area contributed by atoms with Crippen molar-refractivity contribution in [3.05, 3.63) is 23.8 Å². The second-order valence-electron chi connectivity index (χ2n) is 5.14. The minimum atomic E-state index is -0.0409. The van der Waals surface area contributed by atoms with Crippen LogP contribution < -0.4 is 16.0 Å². The molecule has 4 nitrogen and oxygen atoms in total. The zero-order chi connectivity index (χ0) is 14.7. The van der Waals surface area contributed by atoms with Gasteiger partial charge in [0.05, 0.1) is 11.4 Å². The SMILES string of the molecule is CCNC(=O)c1ccc(N)c(N2CCSC(C)C2C)c1. The predicted molar refractivity (Wildman–Crippen MR) is 87.6 cm³/mol. The van der Waals surface area contributed by atoms with Crippen LogP contribution >= 0.6 is 11.8 Å². The van der Waals surface area contributed by atoms with E-state index < -0.39 is 0 Å². The average molecular weight is 293 g/mol. The molecule has 1 amide bonds. The highest BCUT2D eigenvalue weighted by atomic mass is 32.2. The van der Waals surface area contributed by atoms with E-state index in [0.717, 1.165) is 23.7 Å². The van der Waals surface area contributed by atoms with Gasteiger partial charge in [-0.25, -0.2) is 0 Å². The van der Waals surface area contributed by atoms with Gasteiger partial charge in [0.1, 0.15) is 0 Å². The molecule has 1 aromatic carbocycles. The number of nitrogen functional groups attached to an aromatic ring is 1. The quantitative estimate of drug-likeness (QED) is 0.840. The van der Waals surface area contributed by atoms with Gasteiger partial charge in [-0.2, -0.15) is 11.8 Å². The van der Waals surface area contributed by atoms with Gasteiger partial charge in [-0.3, -0.25) is 4.79 Å². The molecule has 0 radical (unpaired) electrons. The molecule has 0 aromatic heterocycles. The summed E-state index contributed by atoms with van der Waals surface area (Å²) < 4.78 is 0. The number of carbonyl (C=O) groups excluding carboxylic acids is 1. The number of amides is 1. The van der Waals surface area contributed by atoms with Gasteiger partial charge in [0, 0.05) is 35.7 Å². The Morgan fingerprint density at radius 1 is 1.50 bits per heavy atom. The molecule has 0 spiro atoms. The topological polar surface area (TPSA) is 58.4 Å². The van der Waals surface area contributed by atoms with E-state index in [1.54, 1.807) is 6.07 Å². The summed E-state index contributed by atoms with van der Waals surface area (Å²) in [6, 6.07) is 5.95. The molecule has 1 aliphatic heterocycles. The fraction of sp³-hybridized carbons (Fsp3) is 0.533. The van der Waals surface area contributed by atoms with Gasteiger partial charge in [-0.05, 0) is 32.0 Å². The van der Waals surface area contributed by atoms with Gasteiger partial charge in [-0.15, -0.1) is 0 Å². The van der Waals surface area contributed by atoms with Gasteiger partial charge in [0.15, 0.2) is 0 Å². The van der Waals surface area contributed by atoms with E-state index in [9.17, 15) is 4.79 Å². The summed E-state index contributed by atoms with van der Waals surface area (Å²) in [5, 5.41) is 3.40. The summed E-state index contributed by atoms with van der Waals surface area (Å²) in [4.78, 5) is 14.3. The maximum absolute atomic E-state index is 12.0. The molecule has 1 aromatic rings. The van der Waals surface area contributed by atoms with Crippen molar-refractivity contribution < 1.29 is 4.79 Å². The van der Waals surface area contributed by atoms with Crippen molar-refractivity contribution in [2.45, 2.75) is 32.1 Å². The van der Waals surface area contributed by atoms with Crippen LogP contribution in [0.2, 0.25) is 0 Å². The molecule has 3 N–H and O–H groups in total. The lowest BCUT2D eigenvalue weighted by atomic mass is 10.1. The fourth-order valence-electron chi connectivity index (χ4n) is 2.47. The molecule has 1 aliphatic rings. The zero-order valence-electron chi connectivity index (χ0n) is 12.3. The lowest BCUT2D eigenvalue weighted by Crippen LogP contribution is -2.45. The van der Waals surface area contributed by atoms with E-state index in [4.69, 9.17) is 5.73 Å². The van der Waals surface area contributed by atoms with E-state index in [1.165, 1.54) is 0 Å². The van der Waals surface area contributed by atoms with Crippen molar-refractivity contribution in [2.24, 2.45) is 0 Å². The molecule has 1 heterocycles. The summed E-state index contributed by atoms with van der Waals surface area (Å²) in [7, 11) is 0. The third-order valence-electron chi connectivity index (χ3n) is 3.82. The first-order valence-electron chi connectivity index (χ1n) is 7.10. The largest absolute Gasteiger partial charge is 0.397 e. The minimum Gasteiger partial charge on any atom is -0.397 e. The number of hydrogen-bond donors (Lipinski definition) is 2. The molecule has 110 valence electrons. The van der Waals surface area contributed by atoms with Crippen LogP contribution in [0.15, 0.2) is 18.2 Å². The second kappa shape index (κ2) is 6.39. The Bertz CT molecular complexity index is 492. The first-order chi connectivity index (χ1) is 9.54. The third-order valence-corrected chi connectivity index (χ3v) is 5.16. The van der Waals surface area contributed by atoms with Gasteiger partial charge >= 0.3 is 0 Å². The van der Waals surface area contributed by atoms with Crippen LogP contribution in [0.4, 0.5) is 11.4 Å². The lowest BCUT2D eigenvalue weighted by molar-refractivity contribution is 0.0956. The van der Waals surface area contributed by atoms with Crippen molar-refractivity contribution in [1.82, 2.24) is 5.32 Å². The number of nitrogens with one attached hydrogen (secondary N) is 1. The van der Waals surface area contributed by atoms with Gasteiger partial charge in [0.25, 0.3) is 5.91 Å². The maximum atomic E-state index is 12.0.